The van der Waals surface area contributed by atoms with Gasteiger partial charge in [0.05, 0.1) is 11.9 Å². The van der Waals surface area contributed by atoms with E-state index in [1.807, 2.05) is 11.5 Å². The van der Waals surface area contributed by atoms with E-state index in [0.29, 0.717) is 11.1 Å². The molecule has 1 heterocycles. The molecule has 0 bridgehead atoms. The van der Waals surface area contributed by atoms with E-state index in [-0.39, 0.29) is 5.88 Å². The van der Waals surface area contributed by atoms with E-state index in [1.165, 1.54) is 6.20 Å². The maximum Gasteiger partial charge on any atom is 0.218 e. The third-order valence-electron chi connectivity index (χ3n) is 1.89. The van der Waals surface area contributed by atoms with Crippen molar-refractivity contribution in [2.24, 2.45) is 0 Å². The number of fused-ring (bicyclic) bond motifs is 1. The van der Waals surface area contributed by atoms with E-state index in [1.54, 1.807) is 18.2 Å². The standard InChI is InChI=1S/C9H8N2O2/c12-9-7-4-2-1-3-6(7)8(11-13)5-10-9/h1-5,11,13H,(H,10,12). The lowest BCUT2D eigenvalue weighted by atomic mass is 10.1. The van der Waals surface area contributed by atoms with Gasteiger partial charge in [0.15, 0.2) is 0 Å². The third-order valence-corrected chi connectivity index (χ3v) is 1.89. The molecule has 0 saturated heterocycles. The van der Waals surface area contributed by atoms with Crippen LogP contribution in [0.2, 0.25) is 0 Å². The van der Waals surface area contributed by atoms with Gasteiger partial charge in [-0.05, 0) is 6.07 Å². The maximum absolute atomic E-state index is 9.37. The van der Waals surface area contributed by atoms with Gasteiger partial charge in [0.2, 0.25) is 5.88 Å². The lowest BCUT2D eigenvalue weighted by molar-refractivity contribution is 0.389. The summed E-state index contributed by atoms with van der Waals surface area (Å²) in [5.74, 6) is -0.0328. The van der Waals surface area contributed by atoms with Crippen LogP contribution in [0.5, 0.6) is 5.88 Å². The molecule has 0 unspecified atom stereocenters. The fourth-order valence-corrected chi connectivity index (χ4v) is 1.27. The number of rotatable bonds is 1. The fraction of sp³-hybridized carbons (Fsp3) is 0. The van der Waals surface area contributed by atoms with Gasteiger partial charge < -0.3 is 5.11 Å². The second-order valence-electron chi connectivity index (χ2n) is 2.65. The van der Waals surface area contributed by atoms with Crippen LogP contribution in [-0.4, -0.2) is 15.3 Å². The average molecular weight is 176 g/mol. The first-order chi connectivity index (χ1) is 6.33. The Morgan fingerprint density at radius 1 is 1.15 bits per heavy atom. The highest BCUT2D eigenvalue weighted by molar-refractivity contribution is 5.95. The van der Waals surface area contributed by atoms with Crippen molar-refractivity contribution in [1.29, 1.82) is 0 Å². The van der Waals surface area contributed by atoms with Gasteiger partial charge in [-0.2, -0.15) is 0 Å². The normalized spacial score (nSPS) is 10.2. The molecule has 0 amide bonds. The van der Waals surface area contributed by atoms with Gasteiger partial charge in [-0.3, -0.25) is 10.7 Å². The Labute approximate surface area is 74.4 Å². The molecular formula is C9H8N2O2. The number of nitrogens with zero attached hydrogens (tertiary/aromatic N) is 1. The van der Waals surface area contributed by atoms with Gasteiger partial charge in [-0.15, -0.1) is 0 Å². The Hall–Kier alpha value is -1.81. The van der Waals surface area contributed by atoms with Crippen LogP contribution >= 0.6 is 0 Å². The van der Waals surface area contributed by atoms with E-state index < -0.39 is 0 Å². The molecule has 13 heavy (non-hydrogen) atoms. The third kappa shape index (κ3) is 1.17. The predicted molar refractivity (Wildman–Crippen MR) is 48.8 cm³/mol. The molecule has 4 nitrogen and oxygen atoms in total. The minimum atomic E-state index is -0.0328. The number of benzene rings is 1. The Morgan fingerprint density at radius 2 is 1.85 bits per heavy atom. The van der Waals surface area contributed by atoms with E-state index in [0.717, 1.165) is 5.39 Å². The second-order valence-corrected chi connectivity index (χ2v) is 2.65. The van der Waals surface area contributed by atoms with Gasteiger partial charge in [0.1, 0.15) is 0 Å². The van der Waals surface area contributed by atoms with E-state index in [9.17, 15) is 5.11 Å². The summed E-state index contributed by atoms with van der Waals surface area (Å²) in [7, 11) is 0. The molecule has 4 heteroatoms. The summed E-state index contributed by atoms with van der Waals surface area (Å²) in [5, 5.41) is 19.5. The predicted octanol–water partition coefficient (Wildman–Crippen LogP) is 1.74. The summed E-state index contributed by atoms with van der Waals surface area (Å²) in [6.45, 7) is 0. The monoisotopic (exact) mass is 176 g/mol. The summed E-state index contributed by atoms with van der Waals surface area (Å²) >= 11 is 0. The molecular weight excluding hydrogens is 168 g/mol. The van der Waals surface area contributed by atoms with Crippen LogP contribution in [0.15, 0.2) is 30.5 Å². The molecule has 0 aliphatic rings. The summed E-state index contributed by atoms with van der Waals surface area (Å²) in [5.41, 5.74) is 2.50. The van der Waals surface area contributed by atoms with Crippen molar-refractivity contribution in [3.05, 3.63) is 30.5 Å². The van der Waals surface area contributed by atoms with Crippen LogP contribution in [0.1, 0.15) is 0 Å². The van der Waals surface area contributed by atoms with Gasteiger partial charge >= 0.3 is 0 Å². The number of aromatic hydroxyl groups is 1. The van der Waals surface area contributed by atoms with Crippen molar-refractivity contribution in [1.82, 2.24) is 4.98 Å². The number of hydrogen-bond acceptors (Lipinski definition) is 4. The Morgan fingerprint density at radius 3 is 2.54 bits per heavy atom. The number of pyridine rings is 1. The topological polar surface area (TPSA) is 65.4 Å². The van der Waals surface area contributed by atoms with Crippen molar-refractivity contribution in [3.8, 4) is 5.88 Å². The van der Waals surface area contributed by atoms with Crippen LogP contribution in [0.4, 0.5) is 5.69 Å². The van der Waals surface area contributed by atoms with Crippen molar-refractivity contribution < 1.29 is 10.3 Å². The minimum absolute atomic E-state index is 0.0328. The van der Waals surface area contributed by atoms with Crippen LogP contribution in [0.25, 0.3) is 10.8 Å². The molecule has 3 N–H and O–H groups in total. The molecule has 0 fully saturated rings. The van der Waals surface area contributed by atoms with E-state index in [2.05, 4.69) is 4.98 Å². The molecule has 0 atom stereocenters. The van der Waals surface area contributed by atoms with Crippen LogP contribution in [0.3, 0.4) is 0 Å². The molecule has 0 spiro atoms. The lowest BCUT2D eigenvalue weighted by Gasteiger charge is -2.04. The first-order valence-electron chi connectivity index (χ1n) is 3.80. The highest BCUT2D eigenvalue weighted by Crippen LogP contribution is 2.27. The molecule has 0 aliphatic carbocycles. The van der Waals surface area contributed by atoms with Gasteiger partial charge in [-0.25, -0.2) is 4.98 Å². The quantitative estimate of drug-likeness (QED) is 0.579. The largest absolute Gasteiger partial charge is 0.493 e. The van der Waals surface area contributed by atoms with Gasteiger partial charge in [0, 0.05) is 10.8 Å². The molecule has 66 valence electrons. The molecule has 0 radical (unpaired) electrons. The molecule has 2 rings (SSSR count). The molecule has 1 aromatic carbocycles. The number of hydrogen-bond donors (Lipinski definition) is 3. The lowest BCUT2D eigenvalue weighted by Crippen LogP contribution is -1.91. The van der Waals surface area contributed by atoms with Gasteiger partial charge in [0.25, 0.3) is 0 Å². The fourth-order valence-electron chi connectivity index (χ4n) is 1.27. The minimum Gasteiger partial charge on any atom is -0.493 e. The Balaban J connectivity index is 2.84. The molecule has 2 aromatic rings. The van der Waals surface area contributed by atoms with Crippen LogP contribution in [0, 0.1) is 0 Å². The smallest absolute Gasteiger partial charge is 0.218 e. The molecule has 0 saturated carbocycles. The Bertz CT molecular complexity index is 443. The number of anilines is 1. The zero-order chi connectivity index (χ0) is 9.26. The highest BCUT2D eigenvalue weighted by Gasteiger charge is 2.03. The van der Waals surface area contributed by atoms with E-state index in [4.69, 9.17) is 5.21 Å². The van der Waals surface area contributed by atoms with Crippen molar-refractivity contribution in [2.45, 2.75) is 0 Å². The van der Waals surface area contributed by atoms with Gasteiger partial charge in [-0.1, -0.05) is 18.2 Å². The van der Waals surface area contributed by atoms with Crippen molar-refractivity contribution >= 4 is 16.5 Å². The number of nitrogens with one attached hydrogen (secondary N) is 1. The summed E-state index contributed by atoms with van der Waals surface area (Å²) in [4.78, 5) is 3.71. The maximum atomic E-state index is 9.37. The number of aromatic nitrogens is 1. The highest BCUT2D eigenvalue weighted by atomic mass is 16.5. The second kappa shape index (κ2) is 2.91. The summed E-state index contributed by atoms with van der Waals surface area (Å²) in [6, 6.07) is 7.14. The first-order valence-corrected chi connectivity index (χ1v) is 3.80. The van der Waals surface area contributed by atoms with E-state index >= 15 is 0 Å². The van der Waals surface area contributed by atoms with Crippen molar-refractivity contribution in [3.63, 3.8) is 0 Å². The SMILES string of the molecule is ONc1cnc(O)c2ccccc12. The zero-order valence-corrected chi connectivity index (χ0v) is 6.73. The zero-order valence-electron chi connectivity index (χ0n) is 6.73. The van der Waals surface area contributed by atoms with Crippen LogP contribution < -0.4 is 5.48 Å². The van der Waals surface area contributed by atoms with Crippen LogP contribution in [-0.2, 0) is 0 Å². The molecule has 1 aromatic heterocycles. The Kier molecular flexibility index (Phi) is 1.75. The van der Waals surface area contributed by atoms with Crippen molar-refractivity contribution in [2.75, 3.05) is 5.48 Å². The summed E-state index contributed by atoms with van der Waals surface area (Å²) in [6.07, 6.45) is 1.37. The summed E-state index contributed by atoms with van der Waals surface area (Å²) < 4.78 is 0. The average Bonchev–Trinajstić information content (AvgIpc) is 2.19. The molecule has 0 aliphatic heterocycles. The first kappa shape index (κ1) is 7.82.